The third-order valence-electron chi connectivity index (χ3n) is 6.45. The van der Waals surface area contributed by atoms with Crippen LogP contribution in [0.3, 0.4) is 0 Å². The van der Waals surface area contributed by atoms with Gasteiger partial charge in [-0.25, -0.2) is 9.59 Å². The lowest BCUT2D eigenvalue weighted by Crippen LogP contribution is -2.47. The van der Waals surface area contributed by atoms with E-state index in [0.717, 1.165) is 31.2 Å². The van der Waals surface area contributed by atoms with Gasteiger partial charge in [0.25, 0.3) is 0 Å². The van der Waals surface area contributed by atoms with E-state index in [1.54, 1.807) is 0 Å². The summed E-state index contributed by atoms with van der Waals surface area (Å²) < 4.78 is 11.3. The Kier molecular flexibility index (Phi) is 11.0. The van der Waals surface area contributed by atoms with Gasteiger partial charge in [0.05, 0.1) is 0 Å². The Hall–Kier alpha value is -2.24. The fourth-order valence-corrected chi connectivity index (χ4v) is 4.76. The van der Waals surface area contributed by atoms with Gasteiger partial charge < -0.3 is 20.1 Å². The second-order valence-corrected chi connectivity index (χ2v) is 10.6. The zero-order chi connectivity index (χ0) is 24.4. The summed E-state index contributed by atoms with van der Waals surface area (Å²) in [6.45, 7) is 13.3. The lowest BCUT2D eigenvalue weighted by atomic mass is 9.79. The van der Waals surface area contributed by atoms with Crippen molar-refractivity contribution < 1.29 is 19.1 Å². The highest BCUT2D eigenvalue weighted by Crippen LogP contribution is 2.30. The average molecular weight is 461 g/mol. The van der Waals surface area contributed by atoms with Crippen LogP contribution in [-0.4, -0.2) is 30.4 Å². The molecule has 4 unspecified atom stereocenters. The highest BCUT2D eigenvalue weighted by atomic mass is 16.6. The van der Waals surface area contributed by atoms with Crippen molar-refractivity contribution in [1.29, 1.82) is 0 Å². The van der Waals surface area contributed by atoms with Gasteiger partial charge in [-0.15, -0.1) is 0 Å². The van der Waals surface area contributed by atoms with E-state index in [1.807, 2.05) is 30.3 Å². The fourth-order valence-electron chi connectivity index (χ4n) is 4.76. The van der Waals surface area contributed by atoms with Gasteiger partial charge in [0.1, 0.15) is 12.7 Å². The largest absolute Gasteiger partial charge is 0.446 e. The van der Waals surface area contributed by atoms with Crippen molar-refractivity contribution in [3.8, 4) is 0 Å². The van der Waals surface area contributed by atoms with Crippen molar-refractivity contribution in [3.63, 3.8) is 0 Å². The molecule has 2 N–H and O–H groups in total. The normalized spacial score (nSPS) is 20.4. The number of rotatable bonds is 10. The minimum atomic E-state index is -0.416. The van der Waals surface area contributed by atoms with Crippen molar-refractivity contribution in [1.82, 2.24) is 10.6 Å². The number of nitrogens with one attached hydrogen (secondary N) is 2. The molecule has 4 atom stereocenters. The predicted molar refractivity (Wildman–Crippen MR) is 132 cm³/mol. The first-order valence-corrected chi connectivity index (χ1v) is 12.6. The summed E-state index contributed by atoms with van der Waals surface area (Å²) in [5.41, 5.74) is 0.954. The van der Waals surface area contributed by atoms with Gasteiger partial charge in [0.2, 0.25) is 0 Å². The van der Waals surface area contributed by atoms with Crippen LogP contribution < -0.4 is 10.6 Å². The zero-order valence-corrected chi connectivity index (χ0v) is 21.3. The minimum absolute atomic E-state index is 0.0129. The maximum Gasteiger partial charge on any atom is 0.407 e. The first-order chi connectivity index (χ1) is 15.7. The standard InChI is InChI=1S/C27H44N2O4/c1-18(2)15-24(19(3)4)25(20(5)6)33-27(31)29-23-14-10-13-22(16-23)28-26(30)32-17-21-11-8-7-9-12-21/h7-9,11-12,18-20,22-25H,10,13-17H2,1-6H3,(H,28,30)(H,29,31). The van der Waals surface area contributed by atoms with E-state index in [0.29, 0.717) is 24.2 Å². The zero-order valence-electron chi connectivity index (χ0n) is 21.3. The van der Waals surface area contributed by atoms with Crippen LogP contribution in [-0.2, 0) is 16.1 Å². The second kappa shape index (κ2) is 13.5. The molecule has 186 valence electrons. The molecular weight excluding hydrogens is 416 g/mol. The maximum absolute atomic E-state index is 12.8. The van der Waals surface area contributed by atoms with E-state index in [1.165, 1.54) is 0 Å². The van der Waals surface area contributed by atoms with Crippen molar-refractivity contribution in [2.75, 3.05) is 0 Å². The number of carbonyl (C=O) groups is 2. The molecule has 2 rings (SSSR count). The van der Waals surface area contributed by atoms with Crippen molar-refractivity contribution >= 4 is 12.2 Å². The molecule has 0 bridgehead atoms. The molecule has 0 saturated heterocycles. The van der Waals surface area contributed by atoms with Crippen LogP contribution in [0.5, 0.6) is 0 Å². The maximum atomic E-state index is 12.8. The molecule has 0 aromatic heterocycles. The molecule has 6 nitrogen and oxygen atoms in total. The summed E-state index contributed by atoms with van der Waals surface area (Å²) in [6.07, 6.45) is 3.54. The molecule has 1 aliphatic carbocycles. The van der Waals surface area contributed by atoms with Gasteiger partial charge >= 0.3 is 12.2 Å². The van der Waals surface area contributed by atoms with Crippen LogP contribution in [0.15, 0.2) is 30.3 Å². The van der Waals surface area contributed by atoms with E-state index in [9.17, 15) is 9.59 Å². The van der Waals surface area contributed by atoms with E-state index < -0.39 is 6.09 Å². The molecule has 33 heavy (non-hydrogen) atoms. The van der Waals surface area contributed by atoms with Crippen LogP contribution in [0.4, 0.5) is 9.59 Å². The third kappa shape index (κ3) is 9.65. The predicted octanol–water partition coefficient (Wildman–Crippen LogP) is 6.29. The van der Waals surface area contributed by atoms with E-state index in [4.69, 9.17) is 9.47 Å². The number of hydrogen-bond donors (Lipinski definition) is 2. The molecule has 1 fully saturated rings. The molecule has 1 aromatic carbocycles. The lowest BCUT2D eigenvalue weighted by molar-refractivity contribution is 0.00698. The summed E-state index contributed by atoms with van der Waals surface area (Å²) in [6, 6.07) is 9.59. The topological polar surface area (TPSA) is 76.7 Å². The van der Waals surface area contributed by atoms with Gasteiger partial charge in [0.15, 0.2) is 0 Å². The summed E-state index contributed by atoms with van der Waals surface area (Å²) in [4.78, 5) is 25.0. The Morgan fingerprint density at radius 2 is 1.52 bits per heavy atom. The van der Waals surface area contributed by atoms with E-state index >= 15 is 0 Å². The number of ether oxygens (including phenoxy) is 2. The van der Waals surface area contributed by atoms with Gasteiger partial charge in [-0.2, -0.15) is 0 Å². The van der Waals surface area contributed by atoms with Crippen molar-refractivity contribution in [2.45, 2.75) is 98.4 Å². The molecule has 1 aromatic rings. The fraction of sp³-hybridized carbons (Fsp3) is 0.704. The van der Waals surface area contributed by atoms with Crippen molar-refractivity contribution in [3.05, 3.63) is 35.9 Å². The highest BCUT2D eigenvalue weighted by Gasteiger charge is 2.32. The minimum Gasteiger partial charge on any atom is -0.446 e. The molecule has 0 radical (unpaired) electrons. The number of carbonyl (C=O) groups excluding carboxylic acids is 2. The van der Waals surface area contributed by atoms with Gasteiger partial charge in [-0.3, -0.25) is 0 Å². The average Bonchev–Trinajstić information content (AvgIpc) is 2.75. The van der Waals surface area contributed by atoms with Gasteiger partial charge in [0, 0.05) is 12.1 Å². The van der Waals surface area contributed by atoms with Crippen LogP contribution in [0.2, 0.25) is 0 Å². The second-order valence-electron chi connectivity index (χ2n) is 10.6. The molecule has 2 amide bonds. The number of amides is 2. The van der Waals surface area contributed by atoms with E-state index in [-0.39, 0.29) is 36.8 Å². The Balaban J connectivity index is 1.83. The molecule has 0 aliphatic heterocycles. The molecule has 1 aliphatic rings. The van der Waals surface area contributed by atoms with E-state index in [2.05, 4.69) is 52.2 Å². The molecule has 6 heteroatoms. The number of alkyl carbamates (subject to hydrolysis) is 2. The molecule has 0 spiro atoms. The number of hydrogen-bond acceptors (Lipinski definition) is 4. The SMILES string of the molecule is CC(C)CC(C(C)C)C(OC(=O)NC1CCCC(NC(=O)OCc2ccccc2)C1)C(C)C. The summed E-state index contributed by atoms with van der Waals surface area (Å²) in [7, 11) is 0. The quantitative estimate of drug-likeness (QED) is 0.430. The highest BCUT2D eigenvalue weighted by molar-refractivity contribution is 5.68. The summed E-state index contributed by atoms with van der Waals surface area (Å²) in [5, 5.41) is 6.01. The Bertz CT molecular complexity index is 720. The lowest BCUT2D eigenvalue weighted by Gasteiger charge is -2.35. The van der Waals surface area contributed by atoms with Gasteiger partial charge in [-0.1, -0.05) is 71.9 Å². The third-order valence-corrected chi connectivity index (χ3v) is 6.45. The smallest absolute Gasteiger partial charge is 0.407 e. The Morgan fingerprint density at radius 3 is 2.06 bits per heavy atom. The molecule has 1 saturated carbocycles. The Morgan fingerprint density at radius 1 is 0.909 bits per heavy atom. The Labute approximate surface area is 200 Å². The first-order valence-electron chi connectivity index (χ1n) is 12.6. The van der Waals surface area contributed by atoms with Gasteiger partial charge in [-0.05, 0) is 61.3 Å². The van der Waals surface area contributed by atoms with Crippen molar-refractivity contribution in [2.24, 2.45) is 23.7 Å². The molecule has 0 heterocycles. The summed E-state index contributed by atoms with van der Waals surface area (Å²) in [5.74, 6) is 1.58. The van der Waals surface area contributed by atoms with Crippen LogP contribution >= 0.6 is 0 Å². The van der Waals surface area contributed by atoms with Crippen LogP contribution in [0.25, 0.3) is 0 Å². The van der Waals surface area contributed by atoms with Crippen LogP contribution in [0, 0.1) is 23.7 Å². The number of benzene rings is 1. The summed E-state index contributed by atoms with van der Waals surface area (Å²) >= 11 is 0. The molecular formula is C27H44N2O4. The monoisotopic (exact) mass is 460 g/mol. The van der Waals surface area contributed by atoms with Crippen LogP contribution in [0.1, 0.15) is 79.2 Å². The first kappa shape index (κ1) is 27.0.